The van der Waals surface area contributed by atoms with E-state index >= 15 is 0 Å². The molecule has 8 nitrogen and oxygen atoms in total. The molecule has 1 fully saturated rings. The molecule has 3 aliphatic rings. The number of pyridine rings is 1. The van der Waals surface area contributed by atoms with Crippen LogP contribution < -0.4 is 21.3 Å². The van der Waals surface area contributed by atoms with Gasteiger partial charge in [0.2, 0.25) is 0 Å². The molecule has 1 unspecified atom stereocenters. The number of nitrogens with zero attached hydrogens (tertiary/aromatic N) is 5. The molecule has 0 bridgehead atoms. The fraction of sp³-hybridized carbons (Fsp3) is 0.360. The van der Waals surface area contributed by atoms with Crippen LogP contribution in [-0.4, -0.2) is 40.5 Å². The summed E-state index contributed by atoms with van der Waals surface area (Å²) in [6.07, 6.45) is 6.66. The van der Waals surface area contributed by atoms with Crippen molar-refractivity contribution in [3.05, 3.63) is 71.1 Å². The number of hydrogen-bond acceptors (Lipinski definition) is 7. The number of amides is 1. The second-order valence-electron chi connectivity index (χ2n) is 9.49. The smallest absolute Gasteiger partial charge is 0.280 e. The number of benzene rings is 1. The fourth-order valence-electron chi connectivity index (χ4n) is 5.76. The van der Waals surface area contributed by atoms with Crippen molar-refractivity contribution < 1.29 is 9.18 Å². The predicted molar refractivity (Wildman–Crippen MR) is 127 cm³/mol. The molecule has 1 aromatic carbocycles. The summed E-state index contributed by atoms with van der Waals surface area (Å²) in [7, 11) is 0. The standard InChI is InChI=1S/C25H26FN7O/c26-16-4-3-15-13-25(22(27)17(15)12-16)6-10-32(11-7-25)20-14-30-21(23(28)31-20)24(34)33-9-5-18-19(33)2-1-8-29-18/h1-4,8,12,14,22H,5-7,9-11,13,27H2,(H2,28,31). The Morgan fingerprint density at radius 3 is 2.76 bits per heavy atom. The van der Waals surface area contributed by atoms with Crippen LogP contribution in [0.3, 0.4) is 0 Å². The van der Waals surface area contributed by atoms with Crippen molar-refractivity contribution >= 4 is 23.2 Å². The molecule has 174 valence electrons. The molecular weight excluding hydrogens is 433 g/mol. The van der Waals surface area contributed by atoms with Gasteiger partial charge in [0, 0.05) is 38.3 Å². The normalized spacial score (nSPS) is 20.5. The number of hydrogen-bond donors (Lipinski definition) is 2. The van der Waals surface area contributed by atoms with Crippen LogP contribution in [0.4, 0.5) is 21.7 Å². The van der Waals surface area contributed by atoms with Gasteiger partial charge in [-0.1, -0.05) is 6.07 Å². The number of piperidine rings is 1. The fourth-order valence-corrected chi connectivity index (χ4v) is 5.76. The summed E-state index contributed by atoms with van der Waals surface area (Å²) in [6.45, 7) is 2.04. The van der Waals surface area contributed by atoms with Gasteiger partial charge in [-0.3, -0.25) is 9.78 Å². The van der Waals surface area contributed by atoms with E-state index < -0.39 is 0 Å². The van der Waals surface area contributed by atoms with Crippen molar-refractivity contribution in [2.45, 2.75) is 31.7 Å². The number of carbonyl (C=O) groups excluding carboxylic acids is 1. The molecular formula is C25H26FN7O. The number of halogens is 1. The van der Waals surface area contributed by atoms with E-state index in [1.54, 1.807) is 23.4 Å². The highest BCUT2D eigenvalue weighted by molar-refractivity contribution is 6.08. The van der Waals surface area contributed by atoms with E-state index in [1.165, 1.54) is 6.07 Å². The van der Waals surface area contributed by atoms with Crippen LogP contribution in [0.25, 0.3) is 0 Å². The first kappa shape index (κ1) is 21.0. The average Bonchev–Trinajstić information content (AvgIpc) is 3.39. The van der Waals surface area contributed by atoms with Crippen LogP contribution in [0, 0.1) is 11.2 Å². The summed E-state index contributed by atoms with van der Waals surface area (Å²) in [6, 6.07) is 8.49. The first-order valence-electron chi connectivity index (χ1n) is 11.6. The minimum absolute atomic E-state index is 0.0707. The summed E-state index contributed by atoms with van der Waals surface area (Å²) in [5.74, 6) is 0.281. The molecule has 1 amide bonds. The van der Waals surface area contributed by atoms with Crippen LogP contribution in [0.5, 0.6) is 0 Å². The number of aromatic nitrogens is 3. The molecule has 34 heavy (non-hydrogen) atoms. The van der Waals surface area contributed by atoms with Crippen LogP contribution in [0.15, 0.2) is 42.7 Å². The zero-order chi connectivity index (χ0) is 23.4. The third kappa shape index (κ3) is 3.22. The SMILES string of the molecule is Nc1nc(N2CCC3(CC2)Cc2ccc(F)cc2C3N)cnc1C(=O)N1CCc2ncccc21. The lowest BCUT2D eigenvalue weighted by molar-refractivity contribution is 0.0985. The maximum atomic E-state index is 13.8. The maximum Gasteiger partial charge on any atom is 0.280 e. The van der Waals surface area contributed by atoms with Crippen LogP contribution in [0.2, 0.25) is 0 Å². The Labute approximate surface area is 196 Å². The number of fused-ring (bicyclic) bond motifs is 2. The summed E-state index contributed by atoms with van der Waals surface area (Å²) >= 11 is 0. The van der Waals surface area contributed by atoms with Gasteiger partial charge >= 0.3 is 0 Å². The van der Waals surface area contributed by atoms with Gasteiger partial charge in [0.25, 0.3) is 5.91 Å². The first-order chi connectivity index (χ1) is 16.4. The van der Waals surface area contributed by atoms with Gasteiger partial charge in [0.05, 0.1) is 17.6 Å². The molecule has 2 aromatic heterocycles. The third-order valence-electron chi connectivity index (χ3n) is 7.69. The minimum Gasteiger partial charge on any atom is -0.382 e. The summed E-state index contributed by atoms with van der Waals surface area (Å²) < 4.78 is 13.8. The highest BCUT2D eigenvalue weighted by atomic mass is 19.1. The van der Waals surface area contributed by atoms with Crippen molar-refractivity contribution in [2.24, 2.45) is 11.1 Å². The molecule has 1 atom stereocenters. The van der Waals surface area contributed by atoms with Crippen LogP contribution in [0.1, 0.15) is 46.2 Å². The van der Waals surface area contributed by atoms with E-state index in [4.69, 9.17) is 11.5 Å². The van der Waals surface area contributed by atoms with Crippen molar-refractivity contribution in [1.82, 2.24) is 15.0 Å². The predicted octanol–water partition coefficient (Wildman–Crippen LogP) is 2.64. The van der Waals surface area contributed by atoms with Gasteiger partial charge in [-0.25, -0.2) is 14.4 Å². The van der Waals surface area contributed by atoms with Gasteiger partial charge < -0.3 is 21.3 Å². The maximum absolute atomic E-state index is 13.8. The zero-order valence-electron chi connectivity index (χ0n) is 18.7. The number of rotatable bonds is 2. The van der Waals surface area contributed by atoms with Crippen molar-refractivity contribution in [1.29, 1.82) is 0 Å². The summed E-state index contributed by atoms with van der Waals surface area (Å²) in [5.41, 5.74) is 16.7. The average molecular weight is 460 g/mol. The Balaban J connectivity index is 1.17. The molecule has 4 heterocycles. The largest absolute Gasteiger partial charge is 0.382 e. The van der Waals surface area contributed by atoms with Gasteiger partial charge in [-0.05, 0) is 60.1 Å². The van der Waals surface area contributed by atoms with Gasteiger partial charge in [0.15, 0.2) is 11.5 Å². The Morgan fingerprint density at radius 1 is 1.15 bits per heavy atom. The zero-order valence-corrected chi connectivity index (χ0v) is 18.7. The number of anilines is 3. The lowest BCUT2D eigenvalue weighted by atomic mass is 9.73. The quantitative estimate of drug-likeness (QED) is 0.605. The van der Waals surface area contributed by atoms with Gasteiger partial charge in [0.1, 0.15) is 11.6 Å². The molecule has 1 spiro atoms. The Bertz CT molecular complexity index is 1290. The number of carbonyl (C=O) groups is 1. The Morgan fingerprint density at radius 2 is 1.97 bits per heavy atom. The topological polar surface area (TPSA) is 114 Å². The summed E-state index contributed by atoms with van der Waals surface area (Å²) in [5, 5.41) is 0. The van der Waals surface area contributed by atoms with E-state index in [9.17, 15) is 9.18 Å². The molecule has 4 N–H and O–H groups in total. The molecule has 0 saturated carbocycles. The third-order valence-corrected chi connectivity index (χ3v) is 7.69. The van der Waals surface area contributed by atoms with Crippen molar-refractivity contribution in [3.8, 4) is 0 Å². The highest BCUT2D eigenvalue weighted by Crippen LogP contribution is 2.51. The van der Waals surface area contributed by atoms with Crippen molar-refractivity contribution in [2.75, 3.05) is 35.2 Å². The molecule has 2 aliphatic heterocycles. The molecule has 1 saturated heterocycles. The Hall–Kier alpha value is -3.59. The summed E-state index contributed by atoms with van der Waals surface area (Å²) in [4.78, 5) is 30.2. The molecule has 6 rings (SSSR count). The lowest BCUT2D eigenvalue weighted by Crippen LogP contribution is -2.44. The number of nitrogens with two attached hydrogens (primary N) is 2. The van der Waals surface area contributed by atoms with Gasteiger partial charge in [-0.15, -0.1) is 0 Å². The van der Waals surface area contributed by atoms with Crippen molar-refractivity contribution in [3.63, 3.8) is 0 Å². The van der Waals surface area contributed by atoms with Gasteiger partial charge in [-0.2, -0.15) is 0 Å². The minimum atomic E-state index is -0.261. The van der Waals surface area contributed by atoms with E-state index in [0.29, 0.717) is 18.8 Å². The highest BCUT2D eigenvalue weighted by Gasteiger charge is 2.46. The molecule has 9 heteroatoms. The second kappa shape index (κ2) is 7.73. The van der Waals surface area contributed by atoms with E-state index in [1.807, 2.05) is 18.2 Å². The Kier molecular flexibility index (Phi) is 4.77. The monoisotopic (exact) mass is 459 g/mol. The van der Waals surface area contributed by atoms with Crippen LogP contribution in [-0.2, 0) is 12.8 Å². The molecule has 0 radical (unpaired) electrons. The molecule has 3 aromatic rings. The van der Waals surface area contributed by atoms with E-state index in [-0.39, 0.29) is 34.7 Å². The molecule has 1 aliphatic carbocycles. The first-order valence-corrected chi connectivity index (χ1v) is 11.6. The van der Waals surface area contributed by atoms with E-state index in [0.717, 1.165) is 54.9 Å². The number of nitrogen functional groups attached to an aromatic ring is 1. The second-order valence-corrected chi connectivity index (χ2v) is 9.49. The van der Waals surface area contributed by atoms with E-state index in [2.05, 4.69) is 19.9 Å². The van der Waals surface area contributed by atoms with Crippen LogP contribution >= 0.6 is 0 Å². The lowest BCUT2D eigenvalue weighted by Gasteiger charge is -2.42.